The SMILES string of the molecule is C[C@H]1CC[C@H](C)N1C(=O)CBr. The maximum absolute atomic E-state index is 11.3. The number of hydrogen-bond acceptors (Lipinski definition) is 1. The lowest BCUT2D eigenvalue weighted by Gasteiger charge is -2.25. The second-order valence-electron chi connectivity index (χ2n) is 3.21. The number of amides is 1. The van der Waals surface area contributed by atoms with Crippen molar-refractivity contribution in [1.29, 1.82) is 0 Å². The molecule has 1 fully saturated rings. The fraction of sp³-hybridized carbons (Fsp3) is 0.875. The van der Waals surface area contributed by atoms with Gasteiger partial charge in [-0.2, -0.15) is 0 Å². The first-order valence-corrected chi connectivity index (χ1v) is 5.16. The molecule has 64 valence electrons. The summed E-state index contributed by atoms with van der Waals surface area (Å²) in [5, 5.41) is 0.460. The zero-order valence-electron chi connectivity index (χ0n) is 7.01. The summed E-state index contributed by atoms with van der Waals surface area (Å²) in [5.74, 6) is 0.225. The highest BCUT2D eigenvalue weighted by atomic mass is 79.9. The fourth-order valence-electron chi connectivity index (χ4n) is 1.76. The van der Waals surface area contributed by atoms with Crippen LogP contribution in [0.15, 0.2) is 0 Å². The molecule has 1 aliphatic heterocycles. The van der Waals surface area contributed by atoms with Crippen LogP contribution in [0.2, 0.25) is 0 Å². The zero-order valence-corrected chi connectivity index (χ0v) is 8.60. The van der Waals surface area contributed by atoms with E-state index < -0.39 is 0 Å². The molecule has 1 heterocycles. The van der Waals surface area contributed by atoms with Gasteiger partial charge in [0.15, 0.2) is 0 Å². The van der Waals surface area contributed by atoms with Crippen molar-refractivity contribution in [3.8, 4) is 0 Å². The van der Waals surface area contributed by atoms with Gasteiger partial charge in [-0.05, 0) is 26.7 Å². The first-order valence-electron chi connectivity index (χ1n) is 4.04. The molecule has 2 nitrogen and oxygen atoms in total. The van der Waals surface area contributed by atoms with E-state index in [1.54, 1.807) is 0 Å². The molecular formula is C8H14BrNO. The molecule has 11 heavy (non-hydrogen) atoms. The second kappa shape index (κ2) is 3.57. The number of likely N-dealkylation sites (tertiary alicyclic amines) is 1. The van der Waals surface area contributed by atoms with Gasteiger partial charge in [0.2, 0.25) is 5.91 Å². The smallest absolute Gasteiger partial charge is 0.233 e. The average molecular weight is 220 g/mol. The standard InChI is InChI=1S/C8H14BrNO/c1-6-3-4-7(2)10(6)8(11)5-9/h6-7H,3-5H2,1-2H3/t6-,7-/m0/s1. The summed E-state index contributed by atoms with van der Waals surface area (Å²) in [6.07, 6.45) is 2.31. The van der Waals surface area contributed by atoms with Crippen molar-refractivity contribution >= 4 is 21.8 Å². The average Bonchev–Trinajstić information content (AvgIpc) is 2.30. The molecule has 0 radical (unpaired) electrons. The van der Waals surface area contributed by atoms with Crippen LogP contribution in [0, 0.1) is 0 Å². The van der Waals surface area contributed by atoms with Crippen molar-refractivity contribution in [3.63, 3.8) is 0 Å². The maximum Gasteiger partial charge on any atom is 0.233 e. The van der Waals surface area contributed by atoms with E-state index in [0.29, 0.717) is 17.4 Å². The first kappa shape index (κ1) is 9.04. The van der Waals surface area contributed by atoms with Crippen molar-refractivity contribution in [2.45, 2.75) is 38.8 Å². The highest BCUT2D eigenvalue weighted by Gasteiger charge is 2.30. The van der Waals surface area contributed by atoms with Gasteiger partial charge in [-0.25, -0.2) is 0 Å². The number of halogens is 1. The predicted molar refractivity (Wildman–Crippen MR) is 48.8 cm³/mol. The number of alkyl halides is 1. The molecule has 0 N–H and O–H groups in total. The lowest BCUT2D eigenvalue weighted by atomic mass is 10.2. The third-order valence-corrected chi connectivity index (χ3v) is 2.83. The van der Waals surface area contributed by atoms with Crippen LogP contribution in [-0.4, -0.2) is 28.2 Å². The minimum absolute atomic E-state index is 0.225. The number of hydrogen-bond donors (Lipinski definition) is 0. The van der Waals surface area contributed by atoms with Crippen LogP contribution in [0.3, 0.4) is 0 Å². The Bertz CT molecular complexity index is 150. The predicted octanol–water partition coefficient (Wildman–Crippen LogP) is 1.78. The Labute approximate surface area is 76.1 Å². The highest BCUT2D eigenvalue weighted by molar-refractivity contribution is 9.09. The van der Waals surface area contributed by atoms with Crippen LogP contribution in [0.1, 0.15) is 26.7 Å². The van der Waals surface area contributed by atoms with Crippen LogP contribution >= 0.6 is 15.9 Å². The summed E-state index contributed by atoms with van der Waals surface area (Å²) in [6, 6.07) is 0.880. The van der Waals surface area contributed by atoms with Crippen LogP contribution < -0.4 is 0 Å². The molecule has 0 aromatic rings. The number of carbonyl (C=O) groups excluding carboxylic acids is 1. The normalized spacial score (nSPS) is 31.0. The summed E-state index contributed by atoms with van der Waals surface area (Å²) in [7, 11) is 0. The number of rotatable bonds is 1. The van der Waals surface area contributed by atoms with Gasteiger partial charge in [0.05, 0.1) is 5.33 Å². The molecule has 0 aliphatic carbocycles. The molecule has 1 saturated heterocycles. The Kier molecular flexibility index (Phi) is 2.93. The van der Waals surface area contributed by atoms with Gasteiger partial charge in [-0.3, -0.25) is 4.79 Å². The van der Waals surface area contributed by atoms with Crippen molar-refractivity contribution in [1.82, 2.24) is 4.90 Å². The quantitative estimate of drug-likeness (QED) is 0.617. The molecule has 2 atom stereocenters. The summed E-state index contributed by atoms with van der Waals surface area (Å²) in [5.41, 5.74) is 0. The topological polar surface area (TPSA) is 20.3 Å². The molecule has 1 amide bonds. The van der Waals surface area contributed by atoms with Crippen molar-refractivity contribution in [2.24, 2.45) is 0 Å². The van der Waals surface area contributed by atoms with Crippen LogP contribution in [0.5, 0.6) is 0 Å². The minimum Gasteiger partial charge on any atom is -0.337 e. The van der Waals surface area contributed by atoms with Crippen LogP contribution in [-0.2, 0) is 4.79 Å². The fourth-order valence-corrected chi connectivity index (χ4v) is 2.05. The van der Waals surface area contributed by atoms with Gasteiger partial charge in [0, 0.05) is 12.1 Å². The van der Waals surface area contributed by atoms with Gasteiger partial charge in [0.1, 0.15) is 0 Å². The Hall–Kier alpha value is -0.0500. The Balaban J connectivity index is 2.60. The summed E-state index contributed by atoms with van der Waals surface area (Å²) in [4.78, 5) is 13.3. The van der Waals surface area contributed by atoms with Crippen molar-refractivity contribution in [2.75, 3.05) is 5.33 Å². The van der Waals surface area contributed by atoms with Crippen molar-refractivity contribution < 1.29 is 4.79 Å². The van der Waals surface area contributed by atoms with E-state index in [9.17, 15) is 4.79 Å². The molecule has 0 spiro atoms. The van der Waals surface area contributed by atoms with Gasteiger partial charge in [-0.1, -0.05) is 15.9 Å². The summed E-state index contributed by atoms with van der Waals surface area (Å²) >= 11 is 3.19. The van der Waals surface area contributed by atoms with Crippen LogP contribution in [0.4, 0.5) is 0 Å². The molecule has 1 aliphatic rings. The maximum atomic E-state index is 11.3. The summed E-state index contributed by atoms with van der Waals surface area (Å²) in [6.45, 7) is 4.23. The number of carbonyl (C=O) groups is 1. The molecule has 0 aromatic heterocycles. The van der Waals surface area contributed by atoms with E-state index in [-0.39, 0.29) is 5.91 Å². The zero-order chi connectivity index (χ0) is 8.43. The molecular weight excluding hydrogens is 206 g/mol. The van der Waals surface area contributed by atoms with Gasteiger partial charge in [0.25, 0.3) is 0 Å². The molecule has 3 heteroatoms. The van der Waals surface area contributed by atoms with E-state index in [2.05, 4.69) is 29.8 Å². The second-order valence-corrected chi connectivity index (χ2v) is 3.77. The highest BCUT2D eigenvalue weighted by Crippen LogP contribution is 2.23. The Morgan fingerprint density at radius 1 is 1.45 bits per heavy atom. The molecule has 1 rings (SSSR count). The molecule has 0 aromatic carbocycles. The van der Waals surface area contributed by atoms with E-state index in [1.807, 2.05) is 4.90 Å². The van der Waals surface area contributed by atoms with Crippen molar-refractivity contribution in [3.05, 3.63) is 0 Å². The number of nitrogens with zero attached hydrogens (tertiary/aromatic N) is 1. The van der Waals surface area contributed by atoms with E-state index >= 15 is 0 Å². The van der Waals surface area contributed by atoms with Crippen LogP contribution in [0.25, 0.3) is 0 Å². The molecule has 0 bridgehead atoms. The van der Waals surface area contributed by atoms with Gasteiger partial charge in [-0.15, -0.1) is 0 Å². The Morgan fingerprint density at radius 2 is 1.91 bits per heavy atom. The molecule has 0 saturated carbocycles. The van der Waals surface area contributed by atoms with E-state index in [0.717, 1.165) is 12.8 Å². The lowest BCUT2D eigenvalue weighted by Crippen LogP contribution is -2.39. The minimum atomic E-state index is 0.225. The molecule has 0 unspecified atom stereocenters. The van der Waals surface area contributed by atoms with E-state index in [1.165, 1.54) is 0 Å². The van der Waals surface area contributed by atoms with Gasteiger partial charge < -0.3 is 4.90 Å². The summed E-state index contributed by atoms with van der Waals surface area (Å²) < 4.78 is 0. The van der Waals surface area contributed by atoms with E-state index in [4.69, 9.17) is 0 Å². The lowest BCUT2D eigenvalue weighted by molar-refractivity contribution is -0.130. The third-order valence-electron chi connectivity index (χ3n) is 2.35. The Morgan fingerprint density at radius 3 is 2.27 bits per heavy atom. The third kappa shape index (κ3) is 1.75. The largest absolute Gasteiger partial charge is 0.337 e. The monoisotopic (exact) mass is 219 g/mol. The van der Waals surface area contributed by atoms with Gasteiger partial charge >= 0.3 is 0 Å². The first-order chi connectivity index (χ1) is 5.16.